The van der Waals surface area contributed by atoms with Crippen molar-refractivity contribution in [2.24, 2.45) is 4.99 Å². The molecule has 0 unspecified atom stereocenters. The van der Waals surface area contributed by atoms with Gasteiger partial charge in [0.2, 0.25) is 5.90 Å². The lowest BCUT2D eigenvalue weighted by molar-refractivity contribution is -0.137. The first-order valence-electron chi connectivity index (χ1n) is 15.1. The zero-order chi connectivity index (χ0) is 34.2. The lowest BCUT2D eigenvalue weighted by Gasteiger charge is -2.30. The molecule has 48 heavy (non-hydrogen) atoms. The van der Waals surface area contributed by atoms with Crippen LogP contribution in [0.4, 0.5) is 13.2 Å². The van der Waals surface area contributed by atoms with Crippen molar-refractivity contribution in [3.8, 4) is 5.75 Å². The number of benzene rings is 4. The Labute approximate surface area is 276 Å². The van der Waals surface area contributed by atoms with Crippen LogP contribution >= 0.6 is 0 Å². The van der Waals surface area contributed by atoms with Crippen molar-refractivity contribution in [2.45, 2.75) is 42.1 Å². The van der Waals surface area contributed by atoms with E-state index in [1.165, 1.54) is 24.3 Å². The van der Waals surface area contributed by atoms with Crippen molar-refractivity contribution in [3.05, 3.63) is 131 Å². The fourth-order valence-electron chi connectivity index (χ4n) is 5.18. The van der Waals surface area contributed by atoms with Crippen LogP contribution in [0.5, 0.6) is 5.75 Å². The number of aliphatic hydroxyl groups is 1. The molecular formula is C35H34F3N3O6S. The number of sulfone groups is 1. The first-order chi connectivity index (χ1) is 23.0. The SMILES string of the molecule is O=C(NNCc1ccc(C(F)(F)F)cc1)[C@@]1(CCS(=O)(=O)c2ccccc2)N=C(c2ccc(OCCCO)cc2)O[C@H]1c1ccccc1. The van der Waals surface area contributed by atoms with Crippen molar-refractivity contribution in [1.29, 1.82) is 0 Å². The fourth-order valence-corrected chi connectivity index (χ4v) is 6.57. The summed E-state index contributed by atoms with van der Waals surface area (Å²) in [6, 6.07) is 28.0. The molecule has 0 saturated heterocycles. The molecule has 13 heteroatoms. The number of amides is 1. The van der Waals surface area contributed by atoms with Crippen molar-refractivity contribution >= 4 is 21.6 Å². The summed E-state index contributed by atoms with van der Waals surface area (Å²) in [6.07, 6.45) is -5.31. The van der Waals surface area contributed by atoms with E-state index in [1.54, 1.807) is 72.8 Å². The zero-order valence-corrected chi connectivity index (χ0v) is 26.5. The van der Waals surface area contributed by atoms with E-state index in [1.807, 2.05) is 0 Å². The number of aliphatic imine (C=N–C) groups is 1. The number of rotatable bonds is 14. The number of aliphatic hydroxyl groups excluding tert-OH is 1. The van der Waals surface area contributed by atoms with Crippen LogP contribution in [0.2, 0.25) is 0 Å². The van der Waals surface area contributed by atoms with E-state index in [2.05, 4.69) is 10.9 Å². The third kappa shape index (κ3) is 8.22. The second-order valence-corrected chi connectivity index (χ2v) is 13.2. The lowest BCUT2D eigenvalue weighted by atomic mass is 9.85. The predicted octanol–water partition coefficient (Wildman–Crippen LogP) is 5.41. The summed E-state index contributed by atoms with van der Waals surface area (Å²) in [7, 11) is -3.85. The van der Waals surface area contributed by atoms with E-state index in [0.717, 1.165) is 12.1 Å². The summed E-state index contributed by atoms with van der Waals surface area (Å²) in [5, 5.41) is 9.03. The molecular weight excluding hydrogens is 647 g/mol. The van der Waals surface area contributed by atoms with Gasteiger partial charge in [0.05, 0.1) is 22.8 Å². The minimum absolute atomic E-state index is 0.00701. The van der Waals surface area contributed by atoms with Gasteiger partial charge in [-0.1, -0.05) is 60.7 Å². The molecule has 0 aliphatic carbocycles. The van der Waals surface area contributed by atoms with Gasteiger partial charge in [-0.15, -0.1) is 0 Å². The molecule has 1 amide bonds. The second kappa shape index (κ2) is 15.0. The Morgan fingerprint density at radius 3 is 2.19 bits per heavy atom. The Bertz CT molecular complexity index is 1800. The van der Waals surface area contributed by atoms with Gasteiger partial charge < -0.3 is 14.6 Å². The zero-order valence-electron chi connectivity index (χ0n) is 25.7. The molecule has 4 aromatic rings. The van der Waals surface area contributed by atoms with Gasteiger partial charge in [0.1, 0.15) is 5.75 Å². The van der Waals surface area contributed by atoms with Crippen LogP contribution in [0.25, 0.3) is 0 Å². The smallest absolute Gasteiger partial charge is 0.416 e. The van der Waals surface area contributed by atoms with Crippen LogP contribution in [0, 0.1) is 0 Å². The standard InChI is InChI=1S/C35H34F3N3O6S/c36-35(37,38)28-16-12-25(13-17-28)24-39-41-33(43)34(20-23-48(44,45)30-10-5-2-6-11-30)31(26-8-3-1-4-9-26)47-32(40-34)27-14-18-29(19-15-27)46-22-7-21-42/h1-6,8-19,31,39,42H,7,20-24H2,(H,41,43)/t31-,34-/m0/s1. The average Bonchev–Trinajstić information content (AvgIpc) is 3.49. The molecule has 0 bridgehead atoms. The molecule has 0 radical (unpaired) electrons. The van der Waals surface area contributed by atoms with Gasteiger partial charge in [-0.3, -0.25) is 10.2 Å². The fraction of sp³-hybridized carbons (Fsp3) is 0.257. The van der Waals surface area contributed by atoms with Crippen LogP contribution in [-0.4, -0.2) is 49.8 Å². The molecule has 1 aliphatic rings. The van der Waals surface area contributed by atoms with Gasteiger partial charge >= 0.3 is 6.18 Å². The first-order valence-corrected chi connectivity index (χ1v) is 16.8. The van der Waals surface area contributed by atoms with Gasteiger partial charge in [-0.25, -0.2) is 18.8 Å². The van der Waals surface area contributed by atoms with E-state index in [-0.39, 0.29) is 30.4 Å². The van der Waals surface area contributed by atoms with Crippen LogP contribution in [0.15, 0.2) is 119 Å². The molecule has 0 spiro atoms. The highest BCUT2D eigenvalue weighted by molar-refractivity contribution is 7.91. The third-order valence-electron chi connectivity index (χ3n) is 7.76. The quantitative estimate of drug-likeness (QED) is 0.120. The second-order valence-electron chi connectivity index (χ2n) is 11.1. The number of hydrogen-bond donors (Lipinski definition) is 3. The molecule has 252 valence electrons. The summed E-state index contributed by atoms with van der Waals surface area (Å²) >= 11 is 0. The summed E-state index contributed by atoms with van der Waals surface area (Å²) in [6.45, 7) is 0.294. The highest BCUT2D eigenvalue weighted by Gasteiger charge is 2.53. The Kier molecular flexibility index (Phi) is 10.8. The van der Waals surface area contributed by atoms with Crippen molar-refractivity contribution in [3.63, 3.8) is 0 Å². The van der Waals surface area contributed by atoms with Crippen molar-refractivity contribution in [2.75, 3.05) is 19.0 Å². The monoisotopic (exact) mass is 681 g/mol. The molecule has 5 rings (SSSR count). The van der Waals surface area contributed by atoms with Gasteiger partial charge in [-0.05, 0) is 59.7 Å². The summed E-state index contributed by atoms with van der Waals surface area (Å²) in [5.74, 6) is -0.466. The Balaban J connectivity index is 1.47. The highest BCUT2D eigenvalue weighted by Crippen LogP contribution is 2.43. The summed E-state index contributed by atoms with van der Waals surface area (Å²) in [5.41, 5.74) is 4.36. The number of ether oxygens (including phenoxy) is 2. The van der Waals surface area contributed by atoms with E-state index < -0.39 is 44.9 Å². The van der Waals surface area contributed by atoms with E-state index in [9.17, 15) is 26.4 Å². The number of nitrogens with zero attached hydrogens (tertiary/aromatic N) is 1. The third-order valence-corrected chi connectivity index (χ3v) is 9.49. The molecule has 4 aromatic carbocycles. The topological polar surface area (TPSA) is 126 Å². The summed E-state index contributed by atoms with van der Waals surface area (Å²) in [4.78, 5) is 19.1. The molecule has 0 aromatic heterocycles. The molecule has 0 fully saturated rings. The molecule has 3 N–H and O–H groups in total. The maximum absolute atomic E-state index is 14.2. The molecule has 1 aliphatic heterocycles. The van der Waals surface area contributed by atoms with E-state index >= 15 is 0 Å². The van der Waals surface area contributed by atoms with Crippen LogP contribution in [0.3, 0.4) is 0 Å². The van der Waals surface area contributed by atoms with E-state index in [0.29, 0.717) is 35.5 Å². The Morgan fingerprint density at radius 2 is 1.56 bits per heavy atom. The van der Waals surface area contributed by atoms with Gasteiger partial charge in [0.15, 0.2) is 21.5 Å². The van der Waals surface area contributed by atoms with Crippen LogP contribution in [0.1, 0.15) is 41.2 Å². The number of nitrogens with one attached hydrogen (secondary N) is 2. The van der Waals surface area contributed by atoms with E-state index in [4.69, 9.17) is 19.6 Å². The van der Waals surface area contributed by atoms with Gasteiger partial charge in [0.25, 0.3) is 5.91 Å². The largest absolute Gasteiger partial charge is 0.494 e. The molecule has 1 heterocycles. The normalized spacial score (nSPS) is 17.8. The molecule has 0 saturated carbocycles. The number of carbonyl (C=O) groups excluding carboxylic acids is 1. The van der Waals surface area contributed by atoms with Crippen LogP contribution in [-0.2, 0) is 32.1 Å². The van der Waals surface area contributed by atoms with Crippen molar-refractivity contribution < 1.29 is 41.0 Å². The van der Waals surface area contributed by atoms with Crippen LogP contribution < -0.4 is 15.6 Å². The molecule has 2 atom stereocenters. The average molecular weight is 682 g/mol. The highest BCUT2D eigenvalue weighted by atomic mass is 32.2. The number of alkyl halides is 3. The summed E-state index contributed by atoms with van der Waals surface area (Å²) < 4.78 is 77.9. The minimum Gasteiger partial charge on any atom is -0.494 e. The molecule has 9 nitrogen and oxygen atoms in total. The van der Waals surface area contributed by atoms with Gasteiger partial charge in [-0.2, -0.15) is 13.2 Å². The number of hydrogen-bond acceptors (Lipinski definition) is 8. The maximum Gasteiger partial charge on any atom is 0.416 e. The first kappa shape index (κ1) is 34.6. The number of carbonyl (C=O) groups is 1. The Morgan fingerprint density at radius 1 is 0.917 bits per heavy atom. The lowest BCUT2D eigenvalue weighted by Crippen LogP contribution is -2.53. The van der Waals surface area contributed by atoms with Gasteiger partial charge in [0, 0.05) is 31.6 Å². The maximum atomic E-state index is 14.2. The number of hydrazine groups is 1. The Hall–Kier alpha value is -4.72. The minimum atomic E-state index is -4.48. The predicted molar refractivity (Wildman–Crippen MR) is 173 cm³/mol. The number of halogens is 3. The van der Waals surface area contributed by atoms with Crippen molar-refractivity contribution in [1.82, 2.24) is 10.9 Å².